The Kier molecular flexibility index (Phi) is 5.29. The van der Waals surface area contributed by atoms with Crippen molar-refractivity contribution in [3.63, 3.8) is 0 Å². The first-order valence-corrected chi connectivity index (χ1v) is 10.7. The average Bonchev–Trinajstić information content (AvgIpc) is 3.36. The highest BCUT2D eigenvalue weighted by Gasteiger charge is 2.33. The molecule has 2 aromatic heterocycles. The SMILES string of the molecule is O=C(NCC(=O)N1CCc2sccc2[C@@H]1c1cccs1)c1cccc(Cl)c1. The third-order valence-electron chi connectivity index (χ3n) is 4.59. The van der Waals surface area contributed by atoms with Gasteiger partial charge in [-0.1, -0.05) is 23.7 Å². The lowest BCUT2D eigenvalue weighted by atomic mass is 9.98. The largest absolute Gasteiger partial charge is 0.343 e. The predicted octanol–water partition coefficient (Wildman–Crippen LogP) is 4.37. The minimum Gasteiger partial charge on any atom is -0.343 e. The number of carbonyl (C=O) groups is 2. The molecular formula is C20H17ClN2O2S2. The molecule has 0 saturated carbocycles. The first kappa shape index (κ1) is 18.2. The van der Waals surface area contributed by atoms with Crippen molar-refractivity contribution in [2.24, 2.45) is 0 Å². The Labute approximate surface area is 170 Å². The molecule has 1 aromatic carbocycles. The molecule has 4 nitrogen and oxygen atoms in total. The fraction of sp³-hybridized carbons (Fsp3) is 0.200. The highest BCUT2D eigenvalue weighted by molar-refractivity contribution is 7.10. The van der Waals surface area contributed by atoms with Crippen molar-refractivity contribution in [3.8, 4) is 0 Å². The zero-order valence-electron chi connectivity index (χ0n) is 14.4. The molecule has 0 bridgehead atoms. The Morgan fingerprint density at radius 1 is 1.15 bits per heavy atom. The maximum atomic E-state index is 12.9. The lowest BCUT2D eigenvalue weighted by Crippen LogP contribution is -2.45. The maximum absolute atomic E-state index is 12.9. The molecule has 4 rings (SSSR count). The lowest BCUT2D eigenvalue weighted by Gasteiger charge is -2.35. The molecule has 0 aliphatic carbocycles. The van der Waals surface area contributed by atoms with Crippen LogP contribution in [0.3, 0.4) is 0 Å². The predicted molar refractivity (Wildman–Crippen MR) is 110 cm³/mol. The minimum absolute atomic E-state index is 0.0350. The van der Waals surface area contributed by atoms with Crippen LogP contribution in [0, 0.1) is 0 Å². The summed E-state index contributed by atoms with van der Waals surface area (Å²) in [7, 11) is 0. The van der Waals surface area contributed by atoms with Crippen LogP contribution >= 0.6 is 34.3 Å². The number of rotatable bonds is 4. The van der Waals surface area contributed by atoms with E-state index in [9.17, 15) is 9.59 Å². The summed E-state index contributed by atoms with van der Waals surface area (Å²) in [5, 5.41) is 7.33. The summed E-state index contributed by atoms with van der Waals surface area (Å²) in [6.07, 6.45) is 0.850. The number of nitrogens with one attached hydrogen (secondary N) is 1. The Morgan fingerprint density at radius 2 is 2.04 bits per heavy atom. The molecule has 7 heteroatoms. The number of halogens is 1. The normalized spacial score (nSPS) is 16.0. The highest BCUT2D eigenvalue weighted by Crippen LogP contribution is 2.39. The van der Waals surface area contributed by atoms with Crippen molar-refractivity contribution in [3.05, 3.63) is 79.1 Å². The van der Waals surface area contributed by atoms with E-state index < -0.39 is 0 Å². The van der Waals surface area contributed by atoms with Gasteiger partial charge < -0.3 is 10.2 Å². The Bertz CT molecular complexity index is 968. The van der Waals surface area contributed by atoms with E-state index in [0.717, 1.165) is 11.3 Å². The first-order chi connectivity index (χ1) is 13.1. The Hall–Kier alpha value is -2.15. The molecular weight excluding hydrogens is 400 g/mol. The fourth-order valence-corrected chi connectivity index (χ4v) is 5.28. The summed E-state index contributed by atoms with van der Waals surface area (Å²) < 4.78 is 0. The minimum atomic E-state index is -0.299. The molecule has 1 aliphatic rings. The standard InChI is InChI=1S/C20H17ClN2O2S2/c21-14-4-1-3-13(11-14)20(25)22-12-18(24)23-8-6-16-15(7-10-27-16)19(23)17-5-2-9-26-17/h1-5,7,9-11,19H,6,8,12H2,(H,22,25)/t19-/m1/s1. The van der Waals surface area contributed by atoms with E-state index in [2.05, 4.69) is 22.8 Å². The van der Waals surface area contributed by atoms with E-state index in [4.69, 9.17) is 11.6 Å². The second-order valence-electron chi connectivity index (χ2n) is 6.25. The number of thiophene rings is 2. The Balaban J connectivity index is 1.50. The zero-order valence-corrected chi connectivity index (χ0v) is 16.7. The summed E-state index contributed by atoms with van der Waals surface area (Å²) in [4.78, 5) is 29.6. The third kappa shape index (κ3) is 3.78. The molecule has 0 unspecified atom stereocenters. The second kappa shape index (κ2) is 7.84. The van der Waals surface area contributed by atoms with Crippen molar-refractivity contribution < 1.29 is 9.59 Å². The van der Waals surface area contributed by atoms with Crippen LogP contribution in [0.2, 0.25) is 5.02 Å². The monoisotopic (exact) mass is 416 g/mol. The quantitative estimate of drug-likeness (QED) is 0.686. The Morgan fingerprint density at radius 3 is 2.81 bits per heavy atom. The van der Waals surface area contributed by atoms with Gasteiger partial charge in [0, 0.05) is 26.9 Å². The van der Waals surface area contributed by atoms with Gasteiger partial charge in [-0.15, -0.1) is 22.7 Å². The van der Waals surface area contributed by atoms with Crippen LogP contribution in [0.5, 0.6) is 0 Å². The molecule has 3 heterocycles. The molecule has 0 radical (unpaired) electrons. The van der Waals surface area contributed by atoms with Gasteiger partial charge in [0.2, 0.25) is 5.91 Å². The average molecular weight is 417 g/mol. The second-order valence-corrected chi connectivity index (χ2v) is 8.66. The van der Waals surface area contributed by atoms with Gasteiger partial charge in [0.1, 0.15) is 0 Å². The zero-order chi connectivity index (χ0) is 18.8. The van der Waals surface area contributed by atoms with Gasteiger partial charge >= 0.3 is 0 Å². The molecule has 138 valence electrons. The van der Waals surface area contributed by atoms with E-state index in [0.29, 0.717) is 17.1 Å². The van der Waals surface area contributed by atoms with Gasteiger partial charge in [0.05, 0.1) is 12.6 Å². The molecule has 1 N–H and O–H groups in total. The maximum Gasteiger partial charge on any atom is 0.251 e. The number of hydrogen-bond acceptors (Lipinski definition) is 4. The van der Waals surface area contributed by atoms with Crippen molar-refractivity contribution in [1.29, 1.82) is 0 Å². The van der Waals surface area contributed by atoms with Gasteiger partial charge in [-0.3, -0.25) is 9.59 Å². The van der Waals surface area contributed by atoms with Crippen LogP contribution in [0.1, 0.15) is 31.7 Å². The molecule has 3 aromatic rings. The molecule has 0 saturated heterocycles. The molecule has 1 aliphatic heterocycles. The third-order valence-corrected chi connectivity index (χ3v) is 6.74. The number of hydrogen-bond donors (Lipinski definition) is 1. The van der Waals surface area contributed by atoms with E-state index in [1.165, 1.54) is 10.4 Å². The van der Waals surface area contributed by atoms with Gasteiger partial charge in [-0.05, 0) is 53.1 Å². The molecule has 2 amide bonds. The van der Waals surface area contributed by atoms with Gasteiger partial charge in [0.25, 0.3) is 5.91 Å². The van der Waals surface area contributed by atoms with Crippen molar-refractivity contribution in [1.82, 2.24) is 10.2 Å². The van der Waals surface area contributed by atoms with Crippen molar-refractivity contribution >= 4 is 46.1 Å². The number of fused-ring (bicyclic) bond motifs is 1. The van der Waals surface area contributed by atoms with E-state index in [-0.39, 0.29) is 24.4 Å². The van der Waals surface area contributed by atoms with E-state index in [1.54, 1.807) is 46.9 Å². The summed E-state index contributed by atoms with van der Waals surface area (Å²) >= 11 is 9.32. The van der Waals surface area contributed by atoms with Gasteiger partial charge in [0.15, 0.2) is 0 Å². The molecule has 0 spiro atoms. The van der Waals surface area contributed by atoms with Crippen LogP contribution < -0.4 is 5.32 Å². The van der Waals surface area contributed by atoms with Crippen LogP contribution in [-0.2, 0) is 11.2 Å². The molecule has 0 fully saturated rings. The van der Waals surface area contributed by atoms with E-state index >= 15 is 0 Å². The first-order valence-electron chi connectivity index (χ1n) is 8.56. The van der Waals surface area contributed by atoms with Crippen LogP contribution in [0.4, 0.5) is 0 Å². The lowest BCUT2D eigenvalue weighted by molar-refractivity contribution is -0.132. The van der Waals surface area contributed by atoms with Crippen LogP contribution in [0.15, 0.2) is 53.2 Å². The number of carbonyl (C=O) groups excluding carboxylic acids is 2. The van der Waals surface area contributed by atoms with Crippen LogP contribution in [-0.4, -0.2) is 29.8 Å². The number of amides is 2. The topological polar surface area (TPSA) is 49.4 Å². The summed E-state index contributed by atoms with van der Waals surface area (Å²) in [5.74, 6) is -0.382. The summed E-state index contributed by atoms with van der Waals surface area (Å²) in [6.45, 7) is 0.620. The highest BCUT2D eigenvalue weighted by atomic mass is 35.5. The fourth-order valence-electron chi connectivity index (χ4n) is 3.33. The number of benzene rings is 1. The summed E-state index contributed by atoms with van der Waals surface area (Å²) in [5.41, 5.74) is 1.65. The van der Waals surface area contributed by atoms with Crippen molar-refractivity contribution in [2.75, 3.05) is 13.1 Å². The van der Waals surface area contributed by atoms with E-state index in [1.807, 2.05) is 16.3 Å². The smallest absolute Gasteiger partial charge is 0.251 e. The number of nitrogens with zero attached hydrogens (tertiary/aromatic N) is 1. The molecule has 1 atom stereocenters. The van der Waals surface area contributed by atoms with Crippen molar-refractivity contribution in [2.45, 2.75) is 12.5 Å². The molecule has 27 heavy (non-hydrogen) atoms. The van der Waals surface area contributed by atoms with Crippen LogP contribution in [0.25, 0.3) is 0 Å². The van der Waals surface area contributed by atoms with Gasteiger partial charge in [-0.2, -0.15) is 0 Å². The summed E-state index contributed by atoms with van der Waals surface area (Å²) in [6, 6.07) is 12.8. The van der Waals surface area contributed by atoms with Gasteiger partial charge in [-0.25, -0.2) is 0 Å².